The first-order chi connectivity index (χ1) is 7.64. The average molecular weight is 252 g/mol. The van der Waals surface area contributed by atoms with Gasteiger partial charge in [-0.1, -0.05) is 6.92 Å². The molecule has 0 heterocycles. The maximum absolute atomic E-state index is 12.5. The van der Waals surface area contributed by atoms with Crippen molar-refractivity contribution in [3.8, 4) is 0 Å². The molecule has 3 N–H and O–H groups in total. The highest BCUT2D eigenvalue weighted by atomic mass is 19.4. The number of hydrogen-bond acceptors (Lipinski definition) is 2. The predicted molar refractivity (Wildman–Crippen MR) is 58.2 cm³/mol. The molecule has 1 saturated carbocycles. The van der Waals surface area contributed by atoms with E-state index in [4.69, 9.17) is 5.73 Å². The Morgan fingerprint density at radius 2 is 1.71 bits per heavy atom. The van der Waals surface area contributed by atoms with Gasteiger partial charge in [0.25, 0.3) is 0 Å². The van der Waals surface area contributed by atoms with Crippen LogP contribution in [-0.4, -0.2) is 23.7 Å². The Morgan fingerprint density at radius 1 is 1.24 bits per heavy atom. The molecule has 1 atom stereocenters. The maximum atomic E-state index is 12.5. The number of rotatable bonds is 2. The Hall–Kier alpha value is -0.780. The standard InChI is InChI=1S/C11H19F3N2O/c1-7-3-5-8(6-4-7)16-9(17)10(2,15)11(12,13)14/h7-8H,3-6,15H2,1-2H3,(H,16,17). The summed E-state index contributed by atoms with van der Waals surface area (Å²) in [6.45, 7) is 2.80. The number of carbonyl (C=O) groups is 1. The number of alkyl halides is 3. The highest BCUT2D eigenvalue weighted by Gasteiger charge is 2.54. The van der Waals surface area contributed by atoms with Crippen LogP contribution in [0.3, 0.4) is 0 Å². The minimum absolute atomic E-state index is 0.177. The minimum Gasteiger partial charge on any atom is -0.351 e. The van der Waals surface area contributed by atoms with Gasteiger partial charge in [-0.3, -0.25) is 4.79 Å². The first kappa shape index (κ1) is 14.3. The second-order valence-electron chi connectivity index (χ2n) is 5.13. The molecule has 1 amide bonds. The van der Waals surface area contributed by atoms with Crippen molar-refractivity contribution in [2.24, 2.45) is 11.7 Å². The SMILES string of the molecule is CC1CCC(NC(=O)C(C)(N)C(F)(F)F)CC1. The summed E-state index contributed by atoms with van der Waals surface area (Å²) in [6, 6.07) is -0.177. The van der Waals surface area contributed by atoms with Crippen LogP contribution in [0.15, 0.2) is 0 Å². The van der Waals surface area contributed by atoms with E-state index in [1.165, 1.54) is 0 Å². The zero-order valence-electron chi connectivity index (χ0n) is 10.1. The molecule has 0 aliphatic heterocycles. The Morgan fingerprint density at radius 3 is 2.12 bits per heavy atom. The van der Waals surface area contributed by atoms with Crippen molar-refractivity contribution in [3.05, 3.63) is 0 Å². The lowest BCUT2D eigenvalue weighted by Gasteiger charge is -2.31. The van der Waals surface area contributed by atoms with Crippen molar-refractivity contribution in [1.82, 2.24) is 5.32 Å². The van der Waals surface area contributed by atoms with Crippen LogP contribution in [0.5, 0.6) is 0 Å². The lowest BCUT2D eigenvalue weighted by atomic mass is 9.87. The van der Waals surface area contributed by atoms with Gasteiger partial charge in [-0.15, -0.1) is 0 Å². The summed E-state index contributed by atoms with van der Waals surface area (Å²) >= 11 is 0. The first-order valence-electron chi connectivity index (χ1n) is 5.81. The van der Waals surface area contributed by atoms with Gasteiger partial charge in [-0.2, -0.15) is 13.2 Å². The van der Waals surface area contributed by atoms with Crippen molar-refractivity contribution < 1.29 is 18.0 Å². The number of hydrogen-bond donors (Lipinski definition) is 2. The monoisotopic (exact) mass is 252 g/mol. The van der Waals surface area contributed by atoms with Crippen LogP contribution in [0, 0.1) is 5.92 Å². The van der Waals surface area contributed by atoms with Crippen molar-refractivity contribution in [1.29, 1.82) is 0 Å². The van der Waals surface area contributed by atoms with Gasteiger partial charge < -0.3 is 11.1 Å². The molecule has 0 aromatic heterocycles. The first-order valence-corrected chi connectivity index (χ1v) is 5.81. The maximum Gasteiger partial charge on any atom is 0.415 e. The van der Waals surface area contributed by atoms with E-state index in [9.17, 15) is 18.0 Å². The van der Waals surface area contributed by atoms with Crippen LogP contribution in [0.1, 0.15) is 39.5 Å². The quantitative estimate of drug-likeness (QED) is 0.789. The van der Waals surface area contributed by atoms with Crippen LogP contribution < -0.4 is 11.1 Å². The van der Waals surface area contributed by atoms with Gasteiger partial charge in [-0.05, 0) is 38.5 Å². The summed E-state index contributed by atoms with van der Waals surface area (Å²) in [5.74, 6) is -0.556. The summed E-state index contributed by atoms with van der Waals surface area (Å²) in [5, 5.41) is 2.40. The Labute approximate surface area is 98.9 Å². The van der Waals surface area contributed by atoms with Gasteiger partial charge in [0, 0.05) is 6.04 Å². The molecule has 0 radical (unpaired) electrons. The number of carbonyl (C=O) groups excluding carboxylic acids is 1. The van der Waals surface area contributed by atoms with E-state index < -0.39 is 17.6 Å². The largest absolute Gasteiger partial charge is 0.415 e. The molecule has 0 aromatic rings. The fraction of sp³-hybridized carbons (Fsp3) is 0.909. The summed E-state index contributed by atoms with van der Waals surface area (Å²) in [4.78, 5) is 11.5. The number of amides is 1. The van der Waals surface area contributed by atoms with Crippen LogP contribution in [-0.2, 0) is 4.79 Å². The second kappa shape index (κ2) is 4.84. The van der Waals surface area contributed by atoms with Crippen LogP contribution in [0.2, 0.25) is 0 Å². The Kier molecular flexibility index (Phi) is 4.06. The molecule has 3 nitrogen and oxygen atoms in total. The molecular formula is C11H19F3N2O. The third kappa shape index (κ3) is 3.34. The van der Waals surface area contributed by atoms with E-state index >= 15 is 0 Å². The van der Waals surface area contributed by atoms with Crippen molar-refractivity contribution in [2.75, 3.05) is 0 Å². The molecule has 0 bridgehead atoms. The molecule has 0 saturated heterocycles. The third-order valence-electron chi connectivity index (χ3n) is 3.41. The van der Waals surface area contributed by atoms with Gasteiger partial charge in [0.15, 0.2) is 5.54 Å². The summed E-state index contributed by atoms with van der Waals surface area (Å²) in [7, 11) is 0. The molecule has 0 aromatic carbocycles. The van der Waals surface area contributed by atoms with E-state index in [0.29, 0.717) is 12.8 Å². The third-order valence-corrected chi connectivity index (χ3v) is 3.41. The average Bonchev–Trinajstić information content (AvgIpc) is 2.19. The Bertz CT molecular complexity index is 281. The molecule has 1 aliphatic rings. The normalized spacial score (nSPS) is 29.5. The van der Waals surface area contributed by atoms with E-state index in [1.54, 1.807) is 0 Å². The highest BCUT2D eigenvalue weighted by molar-refractivity contribution is 5.86. The summed E-state index contributed by atoms with van der Waals surface area (Å²) < 4.78 is 37.5. The smallest absolute Gasteiger partial charge is 0.351 e. The molecule has 6 heteroatoms. The lowest BCUT2D eigenvalue weighted by molar-refractivity contribution is -0.187. The molecule has 1 aliphatic carbocycles. The molecule has 1 fully saturated rings. The topological polar surface area (TPSA) is 55.1 Å². The van der Waals surface area contributed by atoms with Gasteiger partial charge in [0.05, 0.1) is 0 Å². The second-order valence-corrected chi connectivity index (χ2v) is 5.13. The zero-order valence-corrected chi connectivity index (χ0v) is 10.1. The highest BCUT2D eigenvalue weighted by Crippen LogP contribution is 2.29. The fourth-order valence-electron chi connectivity index (χ4n) is 1.87. The molecule has 1 rings (SSSR count). The fourth-order valence-corrected chi connectivity index (χ4v) is 1.87. The van der Waals surface area contributed by atoms with Gasteiger partial charge in [0.1, 0.15) is 0 Å². The van der Waals surface area contributed by atoms with Crippen molar-refractivity contribution in [3.63, 3.8) is 0 Å². The van der Waals surface area contributed by atoms with Crippen LogP contribution >= 0.6 is 0 Å². The molecule has 100 valence electrons. The molecule has 0 spiro atoms. The summed E-state index contributed by atoms with van der Waals surface area (Å²) in [6.07, 6.45) is -1.42. The molecule has 1 unspecified atom stereocenters. The molecule has 17 heavy (non-hydrogen) atoms. The van der Waals surface area contributed by atoms with Gasteiger partial charge in [-0.25, -0.2) is 0 Å². The van der Waals surface area contributed by atoms with E-state index in [1.807, 2.05) is 0 Å². The molecular weight excluding hydrogens is 233 g/mol. The van der Waals surface area contributed by atoms with E-state index in [-0.39, 0.29) is 6.04 Å². The van der Waals surface area contributed by atoms with Crippen LogP contribution in [0.4, 0.5) is 13.2 Å². The van der Waals surface area contributed by atoms with Gasteiger partial charge >= 0.3 is 6.18 Å². The van der Waals surface area contributed by atoms with Crippen molar-refractivity contribution >= 4 is 5.91 Å². The summed E-state index contributed by atoms with van der Waals surface area (Å²) in [5.41, 5.74) is 2.24. The zero-order chi connectivity index (χ0) is 13.3. The van der Waals surface area contributed by atoms with Crippen LogP contribution in [0.25, 0.3) is 0 Å². The van der Waals surface area contributed by atoms with Crippen molar-refractivity contribution in [2.45, 2.75) is 57.3 Å². The van der Waals surface area contributed by atoms with E-state index in [2.05, 4.69) is 12.2 Å². The lowest BCUT2D eigenvalue weighted by Crippen LogP contribution is -2.62. The van der Waals surface area contributed by atoms with E-state index in [0.717, 1.165) is 25.7 Å². The number of nitrogens with two attached hydrogens (primary N) is 1. The van der Waals surface area contributed by atoms with Gasteiger partial charge in [0.2, 0.25) is 5.91 Å². The number of nitrogens with one attached hydrogen (secondary N) is 1. The minimum atomic E-state index is -4.72. The number of halogens is 3. The Balaban J connectivity index is 2.55. The predicted octanol–water partition coefficient (Wildman–Crippen LogP) is 1.96.